The molecule has 5 heteroatoms. The van der Waals surface area contributed by atoms with Gasteiger partial charge in [-0.2, -0.15) is 0 Å². The standard InChI is InChI=1S/C13H10BrF2NO/c14-11-6-10(2-3-12(11)16)17-7-8-5-9(15)1-4-13(8)18/h1-6,17-18H,7H2. The highest BCUT2D eigenvalue weighted by molar-refractivity contribution is 9.10. The van der Waals surface area contributed by atoms with Crippen molar-refractivity contribution in [1.29, 1.82) is 0 Å². The fourth-order valence-electron chi connectivity index (χ4n) is 1.50. The third kappa shape index (κ3) is 2.98. The van der Waals surface area contributed by atoms with Crippen LogP contribution in [0.1, 0.15) is 5.56 Å². The molecule has 2 aromatic rings. The summed E-state index contributed by atoms with van der Waals surface area (Å²) in [4.78, 5) is 0. The summed E-state index contributed by atoms with van der Waals surface area (Å²) in [6.07, 6.45) is 0. The van der Waals surface area contributed by atoms with Gasteiger partial charge in [-0.1, -0.05) is 0 Å². The molecule has 2 nitrogen and oxygen atoms in total. The molecule has 0 aromatic heterocycles. The number of benzene rings is 2. The van der Waals surface area contributed by atoms with Crippen LogP contribution >= 0.6 is 15.9 Å². The fraction of sp³-hybridized carbons (Fsp3) is 0.0769. The lowest BCUT2D eigenvalue weighted by atomic mass is 10.2. The molecule has 0 fully saturated rings. The zero-order chi connectivity index (χ0) is 13.1. The zero-order valence-corrected chi connectivity index (χ0v) is 10.8. The Morgan fingerprint density at radius 2 is 1.89 bits per heavy atom. The highest BCUT2D eigenvalue weighted by Crippen LogP contribution is 2.22. The molecule has 0 atom stereocenters. The van der Waals surface area contributed by atoms with Crippen LogP contribution in [0.3, 0.4) is 0 Å². The van der Waals surface area contributed by atoms with Gasteiger partial charge in [-0.25, -0.2) is 8.78 Å². The average Bonchev–Trinajstić information content (AvgIpc) is 2.34. The number of hydrogen-bond acceptors (Lipinski definition) is 2. The van der Waals surface area contributed by atoms with Crippen LogP contribution in [0.2, 0.25) is 0 Å². The first-order valence-electron chi connectivity index (χ1n) is 5.22. The summed E-state index contributed by atoms with van der Waals surface area (Å²) >= 11 is 3.07. The molecule has 0 unspecified atom stereocenters. The van der Waals surface area contributed by atoms with E-state index in [1.54, 1.807) is 12.1 Å². The smallest absolute Gasteiger partial charge is 0.137 e. The topological polar surface area (TPSA) is 32.3 Å². The second-order valence-corrected chi connectivity index (χ2v) is 4.61. The Labute approximate surface area is 111 Å². The molecule has 0 aliphatic carbocycles. The molecular weight excluding hydrogens is 304 g/mol. The van der Waals surface area contributed by atoms with Crippen LogP contribution in [-0.4, -0.2) is 5.11 Å². The number of nitrogens with one attached hydrogen (secondary N) is 1. The number of hydrogen-bond donors (Lipinski definition) is 2. The second-order valence-electron chi connectivity index (χ2n) is 3.76. The van der Waals surface area contributed by atoms with Gasteiger partial charge in [0.15, 0.2) is 0 Å². The van der Waals surface area contributed by atoms with Gasteiger partial charge in [0.25, 0.3) is 0 Å². The SMILES string of the molecule is Oc1ccc(F)cc1CNc1ccc(F)c(Br)c1. The molecule has 2 rings (SSSR count). The zero-order valence-electron chi connectivity index (χ0n) is 9.25. The van der Waals surface area contributed by atoms with Gasteiger partial charge in [0.05, 0.1) is 4.47 Å². The summed E-state index contributed by atoms with van der Waals surface area (Å²) in [5, 5.41) is 12.5. The Hall–Kier alpha value is -1.62. The molecule has 0 aliphatic rings. The Morgan fingerprint density at radius 3 is 2.61 bits per heavy atom. The lowest BCUT2D eigenvalue weighted by Crippen LogP contribution is -2.00. The van der Waals surface area contributed by atoms with Crippen molar-refractivity contribution < 1.29 is 13.9 Å². The molecule has 0 saturated heterocycles. The number of halogens is 3. The minimum absolute atomic E-state index is 0.0186. The number of phenols is 1. The van der Waals surface area contributed by atoms with Crippen LogP contribution in [-0.2, 0) is 6.54 Å². The Balaban J connectivity index is 2.11. The lowest BCUT2D eigenvalue weighted by Gasteiger charge is -2.09. The minimum Gasteiger partial charge on any atom is -0.508 e. The van der Waals surface area contributed by atoms with Gasteiger partial charge in [-0.05, 0) is 52.3 Å². The minimum atomic E-state index is -0.412. The molecular formula is C13H10BrF2NO. The summed E-state index contributed by atoms with van der Waals surface area (Å²) in [5.41, 5.74) is 1.11. The van der Waals surface area contributed by atoms with Crippen molar-refractivity contribution in [2.75, 3.05) is 5.32 Å². The highest BCUT2D eigenvalue weighted by atomic mass is 79.9. The third-order valence-electron chi connectivity index (χ3n) is 2.44. The van der Waals surface area contributed by atoms with E-state index in [9.17, 15) is 13.9 Å². The first-order chi connectivity index (χ1) is 8.56. The predicted molar refractivity (Wildman–Crippen MR) is 69.5 cm³/mol. The van der Waals surface area contributed by atoms with Crippen molar-refractivity contribution in [1.82, 2.24) is 0 Å². The normalized spacial score (nSPS) is 10.4. The molecule has 0 bridgehead atoms. The van der Waals surface area contributed by atoms with E-state index >= 15 is 0 Å². The average molecular weight is 314 g/mol. The number of aromatic hydroxyl groups is 1. The van der Waals surface area contributed by atoms with Crippen molar-refractivity contribution in [2.45, 2.75) is 6.54 Å². The van der Waals surface area contributed by atoms with E-state index in [-0.39, 0.29) is 18.1 Å². The van der Waals surface area contributed by atoms with E-state index in [0.29, 0.717) is 15.7 Å². The van der Waals surface area contributed by atoms with E-state index in [1.165, 1.54) is 24.3 Å². The molecule has 18 heavy (non-hydrogen) atoms. The quantitative estimate of drug-likeness (QED) is 0.896. The molecule has 0 aliphatic heterocycles. The summed E-state index contributed by atoms with van der Waals surface area (Å²) < 4.78 is 26.4. The van der Waals surface area contributed by atoms with Crippen molar-refractivity contribution >= 4 is 21.6 Å². The van der Waals surface area contributed by atoms with Gasteiger partial charge in [0.2, 0.25) is 0 Å². The molecule has 0 spiro atoms. The molecule has 2 aromatic carbocycles. The van der Waals surface area contributed by atoms with Crippen LogP contribution in [0.5, 0.6) is 5.75 Å². The third-order valence-corrected chi connectivity index (χ3v) is 3.05. The maximum Gasteiger partial charge on any atom is 0.137 e. The second kappa shape index (κ2) is 5.35. The van der Waals surface area contributed by atoms with Crippen molar-refractivity contribution in [3.63, 3.8) is 0 Å². The van der Waals surface area contributed by atoms with Gasteiger partial charge >= 0.3 is 0 Å². The van der Waals surface area contributed by atoms with Gasteiger partial charge in [-0.3, -0.25) is 0 Å². The molecule has 0 radical (unpaired) electrons. The van der Waals surface area contributed by atoms with E-state index in [1.807, 2.05) is 0 Å². The molecule has 0 heterocycles. The van der Waals surface area contributed by atoms with Gasteiger partial charge in [0.1, 0.15) is 17.4 Å². The first-order valence-corrected chi connectivity index (χ1v) is 6.02. The van der Waals surface area contributed by atoms with E-state index in [4.69, 9.17) is 0 Å². The van der Waals surface area contributed by atoms with Crippen molar-refractivity contribution in [3.05, 3.63) is 58.1 Å². The Bertz CT molecular complexity index is 575. The summed E-state index contributed by atoms with van der Waals surface area (Å²) in [6, 6.07) is 8.20. The van der Waals surface area contributed by atoms with Gasteiger partial charge in [0, 0.05) is 17.8 Å². The van der Waals surface area contributed by atoms with Crippen LogP contribution in [0.4, 0.5) is 14.5 Å². The Morgan fingerprint density at radius 1 is 1.11 bits per heavy atom. The largest absolute Gasteiger partial charge is 0.508 e. The number of anilines is 1. The number of rotatable bonds is 3. The molecule has 0 saturated carbocycles. The summed E-state index contributed by atoms with van der Waals surface area (Å²) in [7, 11) is 0. The lowest BCUT2D eigenvalue weighted by molar-refractivity contribution is 0.466. The first kappa shape index (κ1) is 12.8. The number of phenolic OH excluding ortho intramolecular Hbond substituents is 1. The summed E-state index contributed by atoms with van der Waals surface area (Å²) in [6.45, 7) is 0.252. The highest BCUT2D eigenvalue weighted by Gasteiger charge is 2.04. The van der Waals surface area contributed by atoms with Crippen molar-refractivity contribution in [3.8, 4) is 5.75 Å². The maximum absolute atomic E-state index is 13.0. The monoisotopic (exact) mass is 313 g/mol. The fourth-order valence-corrected chi connectivity index (χ4v) is 1.88. The molecule has 94 valence electrons. The van der Waals surface area contributed by atoms with Gasteiger partial charge < -0.3 is 10.4 Å². The van der Waals surface area contributed by atoms with Crippen LogP contribution in [0.15, 0.2) is 40.9 Å². The van der Waals surface area contributed by atoms with E-state index in [0.717, 1.165) is 0 Å². The molecule has 2 N–H and O–H groups in total. The van der Waals surface area contributed by atoms with Crippen LogP contribution < -0.4 is 5.32 Å². The van der Waals surface area contributed by atoms with Crippen LogP contribution in [0.25, 0.3) is 0 Å². The molecule has 0 amide bonds. The Kier molecular flexibility index (Phi) is 3.81. The van der Waals surface area contributed by atoms with E-state index < -0.39 is 5.82 Å². The summed E-state index contributed by atoms with van der Waals surface area (Å²) in [5.74, 6) is -0.746. The van der Waals surface area contributed by atoms with E-state index in [2.05, 4.69) is 21.2 Å². The maximum atomic E-state index is 13.0. The van der Waals surface area contributed by atoms with Crippen molar-refractivity contribution in [2.24, 2.45) is 0 Å². The predicted octanol–water partition coefficient (Wildman–Crippen LogP) is 4.05. The van der Waals surface area contributed by atoms with Gasteiger partial charge in [-0.15, -0.1) is 0 Å². The van der Waals surface area contributed by atoms with Crippen LogP contribution in [0, 0.1) is 11.6 Å².